The van der Waals surface area contributed by atoms with Crippen LogP contribution in [0, 0.1) is 0 Å². The van der Waals surface area contributed by atoms with E-state index in [0.29, 0.717) is 13.1 Å². The highest BCUT2D eigenvalue weighted by Gasteiger charge is 2.28. The molecule has 78 valence electrons. The van der Waals surface area contributed by atoms with Crippen LogP contribution in [0.1, 0.15) is 6.92 Å². The molecule has 6 heteroatoms. The maximum absolute atomic E-state index is 11.7. The Labute approximate surface area is 79.9 Å². The molecule has 0 aromatic carbocycles. The van der Waals surface area contributed by atoms with E-state index in [1.807, 2.05) is 6.92 Å². The van der Waals surface area contributed by atoms with Gasteiger partial charge in [-0.1, -0.05) is 0 Å². The van der Waals surface area contributed by atoms with Crippen LogP contribution in [-0.4, -0.2) is 56.8 Å². The Balaban J connectivity index is 2.71. The zero-order chi connectivity index (χ0) is 10.1. The van der Waals surface area contributed by atoms with Gasteiger partial charge in [-0.25, -0.2) is 0 Å². The molecule has 0 aliphatic carbocycles. The quantitative estimate of drug-likeness (QED) is 0.637. The van der Waals surface area contributed by atoms with Crippen LogP contribution in [0.3, 0.4) is 0 Å². The number of hydrogen-bond acceptors (Lipinski definition) is 3. The number of piperazine rings is 1. The molecule has 0 radical (unpaired) electrons. The molecule has 0 bridgehead atoms. The predicted octanol–water partition coefficient (Wildman–Crippen LogP) is -0.913. The van der Waals surface area contributed by atoms with E-state index in [9.17, 15) is 8.42 Å². The zero-order valence-electron chi connectivity index (χ0n) is 8.32. The fraction of sp³-hybridized carbons (Fsp3) is 1.00. The second kappa shape index (κ2) is 3.91. The van der Waals surface area contributed by atoms with E-state index in [1.165, 1.54) is 8.61 Å². The highest BCUT2D eigenvalue weighted by atomic mass is 32.2. The minimum atomic E-state index is -3.21. The molecule has 1 aliphatic rings. The number of nitrogens with zero attached hydrogens (tertiary/aromatic N) is 2. The Morgan fingerprint density at radius 3 is 2.54 bits per heavy atom. The van der Waals surface area contributed by atoms with E-state index in [0.717, 1.165) is 6.54 Å². The maximum Gasteiger partial charge on any atom is 0.281 e. The second-order valence-corrected chi connectivity index (χ2v) is 5.65. The minimum Gasteiger partial charge on any atom is -0.312 e. The summed E-state index contributed by atoms with van der Waals surface area (Å²) in [7, 11) is -0.0911. The first-order valence-corrected chi connectivity index (χ1v) is 5.75. The van der Waals surface area contributed by atoms with E-state index < -0.39 is 10.2 Å². The Hall–Kier alpha value is -0.170. The monoisotopic (exact) mass is 207 g/mol. The zero-order valence-corrected chi connectivity index (χ0v) is 9.13. The van der Waals surface area contributed by atoms with Gasteiger partial charge in [0, 0.05) is 39.8 Å². The Morgan fingerprint density at radius 2 is 2.08 bits per heavy atom. The van der Waals surface area contributed by atoms with Crippen molar-refractivity contribution in [1.82, 2.24) is 13.9 Å². The summed E-state index contributed by atoms with van der Waals surface area (Å²) in [6.07, 6.45) is 0. The Kier molecular flexibility index (Phi) is 3.28. The first-order chi connectivity index (χ1) is 5.94. The van der Waals surface area contributed by atoms with Crippen LogP contribution in [0.25, 0.3) is 0 Å². The maximum atomic E-state index is 11.7. The average Bonchev–Trinajstić information content (AvgIpc) is 2.04. The molecule has 1 atom stereocenters. The van der Waals surface area contributed by atoms with E-state index in [-0.39, 0.29) is 6.04 Å². The molecule has 1 saturated heterocycles. The van der Waals surface area contributed by atoms with Crippen molar-refractivity contribution < 1.29 is 8.42 Å². The SMILES string of the molecule is C[C@@H]1CN(S(=O)(=O)N(C)C)CCN1. The van der Waals surface area contributed by atoms with Crippen molar-refractivity contribution in [2.75, 3.05) is 33.7 Å². The molecular formula is C7H17N3O2S. The highest BCUT2D eigenvalue weighted by molar-refractivity contribution is 7.86. The lowest BCUT2D eigenvalue weighted by molar-refractivity contribution is 0.294. The van der Waals surface area contributed by atoms with Crippen LogP contribution in [0.15, 0.2) is 0 Å². The van der Waals surface area contributed by atoms with Gasteiger partial charge in [-0.3, -0.25) is 0 Å². The first kappa shape index (κ1) is 10.9. The standard InChI is InChI=1S/C7H17N3O2S/c1-7-6-10(5-4-8-7)13(11,12)9(2)3/h7-8H,4-6H2,1-3H3/t7-/m1/s1. The first-order valence-electron chi connectivity index (χ1n) is 4.35. The fourth-order valence-corrected chi connectivity index (χ4v) is 2.53. The molecule has 0 aromatic rings. The molecule has 0 amide bonds. The van der Waals surface area contributed by atoms with Gasteiger partial charge in [0.25, 0.3) is 10.2 Å². The summed E-state index contributed by atoms with van der Waals surface area (Å²) in [6, 6.07) is 0.239. The lowest BCUT2D eigenvalue weighted by Gasteiger charge is -2.32. The normalized spacial score (nSPS) is 26.6. The lowest BCUT2D eigenvalue weighted by atomic mass is 10.3. The van der Waals surface area contributed by atoms with Crippen molar-refractivity contribution in [2.45, 2.75) is 13.0 Å². The van der Waals surface area contributed by atoms with Gasteiger partial charge in [-0.15, -0.1) is 0 Å². The van der Waals surface area contributed by atoms with Gasteiger partial charge in [0.05, 0.1) is 0 Å². The molecule has 0 aromatic heterocycles. The third-order valence-electron chi connectivity index (χ3n) is 2.12. The van der Waals surface area contributed by atoms with Crippen molar-refractivity contribution in [3.63, 3.8) is 0 Å². The Morgan fingerprint density at radius 1 is 1.46 bits per heavy atom. The van der Waals surface area contributed by atoms with Gasteiger partial charge in [-0.2, -0.15) is 17.0 Å². The lowest BCUT2D eigenvalue weighted by Crippen LogP contribution is -2.53. The average molecular weight is 207 g/mol. The molecule has 0 spiro atoms. The van der Waals surface area contributed by atoms with Gasteiger partial charge in [0.2, 0.25) is 0 Å². The second-order valence-electron chi connectivity index (χ2n) is 3.50. The molecule has 0 unspecified atom stereocenters. The smallest absolute Gasteiger partial charge is 0.281 e. The predicted molar refractivity (Wildman–Crippen MR) is 51.6 cm³/mol. The summed E-state index contributed by atoms with van der Waals surface area (Å²) >= 11 is 0. The van der Waals surface area contributed by atoms with Gasteiger partial charge in [-0.05, 0) is 6.92 Å². The van der Waals surface area contributed by atoms with Gasteiger partial charge < -0.3 is 5.32 Å². The fourth-order valence-electron chi connectivity index (χ4n) is 1.34. The summed E-state index contributed by atoms with van der Waals surface area (Å²) < 4.78 is 26.1. The number of rotatable bonds is 2. The van der Waals surface area contributed by atoms with Crippen LogP contribution in [0.4, 0.5) is 0 Å². The third-order valence-corrected chi connectivity index (χ3v) is 4.03. The van der Waals surface area contributed by atoms with Crippen LogP contribution in [0.2, 0.25) is 0 Å². The molecule has 0 saturated carbocycles. The highest BCUT2D eigenvalue weighted by Crippen LogP contribution is 2.07. The van der Waals surface area contributed by atoms with E-state index in [1.54, 1.807) is 14.1 Å². The van der Waals surface area contributed by atoms with Crippen LogP contribution >= 0.6 is 0 Å². The summed E-state index contributed by atoms with van der Waals surface area (Å²) in [4.78, 5) is 0. The van der Waals surface area contributed by atoms with E-state index in [2.05, 4.69) is 5.32 Å². The van der Waals surface area contributed by atoms with Crippen molar-refractivity contribution in [2.24, 2.45) is 0 Å². The summed E-state index contributed by atoms with van der Waals surface area (Å²) in [5.74, 6) is 0. The van der Waals surface area contributed by atoms with E-state index in [4.69, 9.17) is 0 Å². The molecule has 1 heterocycles. The Bertz CT molecular complexity index is 263. The van der Waals surface area contributed by atoms with Crippen molar-refractivity contribution in [3.05, 3.63) is 0 Å². The summed E-state index contributed by atoms with van der Waals surface area (Å²) in [5.41, 5.74) is 0. The van der Waals surface area contributed by atoms with Crippen LogP contribution in [0.5, 0.6) is 0 Å². The molecule has 1 aliphatic heterocycles. The molecular weight excluding hydrogens is 190 g/mol. The minimum absolute atomic E-state index is 0.239. The molecule has 13 heavy (non-hydrogen) atoms. The number of hydrogen-bond donors (Lipinski definition) is 1. The third kappa shape index (κ3) is 2.40. The number of nitrogens with one attached hydrogen (secondary N) is 1. The molecule has 1 rings (SSSR count). The molecule has 1 N–H and O–H groups in total. The van der Waals surface area contributed by atoms with Gasteiger partial charge in [0.1, 0.15) is 0 Å². The van der Waals surface area contributed by atoms with Gasteiger partial charge in [0.15, 0.2) is 0 Å². The van der Waals surface area contributed by atoms with Crippen LogP contribution < -0.4 is 5.32 Å². The van der Waals surface area contributed by atoms with Gasteiger partial charge >= 0.3 is 0 Å². The van der Waals surface area contributed by atoms with E-state index >= 15 is 0 Å². The topological polar surface area (TPSA) is 52.7 Å². The van der Waals surface area contributed by atoms with Crippen LogP contribution in [-0.2, 0) is 10.2 Å². The van der Waals surface area contributed by atoms with Crippen molar-refractivity contribution in [3.8, 4) is 0 Å². The summed E-state index contributed by atoms with van der Waals surface area (Å²) in [5, 5.41) is 3.20. The molecule has 1 fully saturated rings. The molecule has 5 nitrogen and oxygen atoms in total. The van der Waals surface area contributed by atoms with Crippen molar-refractivity contribution in [1.29, 1.82) is 0 Å². The summed E-state index contributed by atoms with van der Waals surface area (Å²) in [6.45, 7) is 3.83. The largest absolute Gasteiger partial charge is 0.312 e. The van der Waals surface area contributed by atoms with Crippen molar-refractivity contribution >= 4 is 10.2 Å².